The van der Waals surface area contributed by atoms with Crippen LogP contribution in [0.1, 0.15) is 16.8 Å². The van der Waals surface area contributed by atoms with Crippen molar-refractivity contribution in [2.24, 2.45) is 0 Å². The maximum Gasteiger partial charge on any atom is 0.262 e. The first-order chi connectivity index (χ1) is 13.4. The SMILES string of the molecule is COc1cc(C)c(S(=O)(=O)Nc2ccc(NCc3ccccn3)cc2)cc1C. The molecule has 0 spiro atoms. The number of benzene rings is 2. The smallest absolute Gasteiger partial charge is 0.262 e. The van der Waals surface area contributed by atoms with E-state index in [1.54, 1.807) is 44.5 Å². The summed E-state index contributed by atoms with van der Waals surface area (Å²) >= 11 is 0. The molecule has 2 aromatic carbocycles. The van der Waals surface area contributed by atoms with Crippen LogP contribution in [0.25, 0.3) is 0 Å². The van der Waals surface area contributed by atoms with Gasteiger partial charge in [-0.2, -0.15) is 0 Å². The Balaban J connectivity index is 1.72. The zero-order valence-corrected chi connectivity index (χ0v) is 16.9. The molecule has 0 atom stereocenters. The summed E-state index contributed by atoms with van der Waals surface area (Å²) in [6.07, 6.45) is 1.75. The van der Waals surface area contributed by atoms with E-state index in [9.17, 15) is 8.42 Å². The van der Waals surface area contributed by atoms with Gasteiger partial charge in [0.15, 0.2) is 0 Å². The fourth-order valence-corrected chi connectivity index (χ4v) is 4.21. The number of methoxy groups -OCH3 is 1. The van der Waals surface area contributed by atoms with E-state index < -0.39 is 10.0 Å². The molecule has 146 valence electrons. The summed E-state index contributed by atoms with van der Waals surface area (Å²) in [7, 11) is -2.13. The molecule has 0 fully saturated rings. The van der Waals surface area contributed by atoms with Crippen LogP contribution in [0.3, 0.4) is 0 Å². The van der Waals surface area contributed by atoms with Crippen molar-refractivity contribution in [1.82, 2.24) is 4.98 Å². The summed E-state index contributed by atoms with van der Waals surface area (Å²) in [5, 5.41) is 3.26. The zero-order valence-electron chi connectivity index (χ0n) is 16.1. The second kappa shape index (κ2) is 8.31. The lowest BCUT2D eigenvalue weighted by Crippen LogP contribution is -2.14. The average molecular weight is 398 g/mol. The number of sulfonamides is 1. The van der Waals surface area contributed by atoms with Crippen LogP contribution in [0.5, 0.6) is 5.75 Å². The molecule has 0 aliphatic rings. The summed E-state index contributed by atoms with van der Waals surface area (Å²) < 4.78 is 33.5. The molecule has 6 nitrogen and oxygen atoms in total. The van der Waals surface area contributed by atoms with E-state index in [1.165, 1.54) is 0 Å². The van der Waals surface area contributed by atoms with Crippen molar-refractivity contribution in [3.05, 3.63) is 77.6 Å². The summed E-state index contributed by atoms with van der Waals surface area (Å²) in [5.74, 6) is 0.666. The van der Waals surface area contributed by atoms with Crippen LogP contribution in [0.4, 0.5) is 11.4 Å². The summed E-state index contributed by atoms with van der Waals surface area (Å²) in [6.45, 7) is 4.16. The standard InChI is InChI=1S/C21H23N3O3S/c1-15-13-21(16(2)12-20(15)27-3)28(25,26)24-18-9-7-17(8-10-18)23-14-19-6-4-5-11-22-19/h4-13,23-24H,14H2,1-3H3. The number of aryl methyl sites for hydroxylation is 2. The Hall–Kier alpha value is -3.06. The molecule has 0 aliphatic heterocycles. The fourth-order valence-electron chi connectivity index (χ4n) is 2.83. The van der Waals surface area contributed by atoms with Crippen LogP contribution in [0, 0.1) is 13.8 Å². The molecule has 0 unspecified atom stereocenters. The highest BCUT2D eigenvalue weighted by Crippen LogP contribution is 2.27. The van der Waals surface area contributed by atoms with Crippen molar-refractivity contribution >= 4 is 21.4 Å². The highest BCUT2D eigenvalue weighted by Gasteiger charge is 2.19. The minimum atomic E-state index is -3.70. The molecule has 7 heteroatoms. The van der Waals surface area contributed by atoms with Crippen molar-refractivity contribution in [3.8, 4) is 5.75 Å². The lowest BCUT2D eigenvalue weighted by molar-refractivity contribution is 0.411. The molecule has 0 aliphatic carbocycles. The number of nitrogens with zero attached hydrogens (tertiary/aromatic N) is 1. The Morgan fingerprint density at radius 1 is 0.964 bits per heavy atom. The molecule has 1 heterocycles. The van der Waals surface area contributed by atoms with Gasteiger partial charge >= 0.3 is 0 Å². The number of rotatable bonds is 7. The van der Waals surface area contributed by atoms with Gasteiger partial charge in [0.1, 0.15) is 5.75 Å². The van der Waals surface area contributed by atoms with E-state index >= 15 is 0 Å². The van der Waals surface area contributed by atoms with Crippen LogP contribution in [-0.2, 0) is 16.6 Å². The first-order valence-electron chi connectivity index (χ1n) is 8.81. The predicted octanol–water partition coefficient (Wildman–Crippen LogP) is 4.12. The van der Waals surface area contributed by atoms with E-state index in [1.807, 2.05) is 37.3 Å². The van der Waals surface area contributed by atoms with Crippen molar-refractivity contribution in [3.63, 3.8) is 0 Å². The Kier molecular flexibility index (Phi) is 5.84. The Morgan fingerprint density at radius 2 is 1.68 bits per heavy atom. The summed E-state index contributed by atoms with van der Waals surface area (Å²) in [4.78, 5) is 4.50. The average Bonchev–Trinajstić information content (AvgIpc) is 2.69. The normalized spacial score (nSPS) is 11.1. The maximum atomic E-state index is 12.8. The third-order valence-electron chi connectivity index (χ3n) is 4.32. The molecule has 0 bridgehead atoms. The molecule has 0 amide bonds. The van der Waals surface area contributed by atoms with Crippen molar-refractivity contribution < 1.29 is 13.2 Å². The number of nitrogens with one attached hydrogen (secondary N) is 2. The number of anilines is 2. The van der Waals surface area contributed by atoms with Gasteiger partial charge in [-0.1, -0.05) is 6.07 Å². The number of hydrogen-bond donors (Lipinski definition) is 2. The third kappa shape index (κ3) is 4.61. The molecule has 0 radical (unpaired) electrons. The predicted molar refractivity (Wildman–Crippen MR) is 111 cm³/mol. The van der Waals surface area contributed by atoms with Crippen LogP contribution < -0.4 is 14.8 Å². The minimum Gasteiger partial charge on any atom is -0.496 e. The number of ether oxygens (including phenoxy) is 1. The quantitative estimate of drug-likeness (QED) is 0.627. The van der Waals surface area contributed by atoms with Crippen LogP contribution in [-0.4, -0.2) is 20.5 Å². The molecule has 1 aromatic heterocycles. The van der Waals surface area contributed by atoms with E-state index in [2.05, 4.69) is 15.0 Å². The first kappa shape index (κ1) is 19.7. The fraction of sp³-hybridized carbons (Fsp3) is 0.190. The van der Waals surface area contributed by atoms with Gasteiger partial charge in [0, 0.05) is 17.6 Å². The van der Waals surface area contributed by atoms with Gasteiger partial charge < -0.3 is 10.1 Å². The Labute approximate surface area is 165 Å². The van der Waals surface area contributed by atoms with E-state index in [-0.39, 0.29) is 4.90 Å². The van der Waals surface area contributed by atoms with E-state index in [0.29, 0.717) is 23.5 Å². The lowest BCUT2D eigenvalue weighted by Gasteiger charge is -2.14. The molecule has 28 heavy (non-hydrogen) atoms. The van der Waals surface area contributed by atoms with Crippen molar-refractivity contribution in [2.75, 3.05) is 17.1 Å². The highest BCUT2D eigenvalue weighted by molar-refractivity contribution is 7.92. The van der Waals surface area contributed by atoms with Gasteiger partial charge in [-0.05, 0) is 73.5 Å². The second-order valence-corrected chi connectivity index (χ2v) is 8.10. The van der Waals surface area contributed by atoms with Gasteiger partial charge in [-0.15, -0.1) is 0 Å². The number of aromatic nitrogens is 1. The van der Waals surface area contributed by atoms with Gasteiger partial charge in [0.05, 0.1) is 24.2 Å². The molecule has 0 saturated carbocycles. The van der Waals surface area contributed by atoms with Crippen LogP contribution in [0.15, 0.2) is 65.7 Å². The molecular weight excluding hydrogens is 374 g/mol. The number of hydrogen-bond acceptors (Lipinski definition) is 5. The Morgan fingerprint density at radius 3 is 2.32 bits per heavy atom. The molecule has 3 rings (SSSR count). The highest BCUT2D eigenvalue weighted by atomic mass is 32.2. The van der Waals surface area contributed by atoms with Crippen molar-refractivity contribution in [1.29, 1.82) is 0 Å². The maximum absolute atomic E-state index is 12.8. The molecule has 2 N–H and O–H groups in total. The lowest BCUT2D eigenvalue weighted by atomic mass is 10.1. The van der Waals surface area contributed by atoms with Gasteiger partial charge in [-0.25, -0.2) is 8.42 Å². The molecular formula is C21H23N3O3S. The molecule has 3 aromatic rings. The minimum absolute atomic E-state index is 0.239. The van der Waals surface area contributed by atoms with E-state index in [0.717, 1.165) is 16.9 Å². The van der Waals surface area contributed by atoms with Gasteiger partial charge in [0.25, 0.3) is 10.0 Å². The zero-order chi connectivity index (χ0) is 20.1. The first-order valence-corrected chi connectivity index (χ1v) is 10.3. The summed E-state index contributed by atoms with van der Waals surface area (Å²) in [6, 6.07) is 16.2. The van der Waals surface area contributed by atoms with Gasteiger partial charge in [-0.3, -0.25) is 9.71 Å². The van der Waals surface area contributed by atoms with E-state index in [4.69, 9.17) is 4.74 Å². The monoisotopic (exact) mass is 397 g/mol. The summed E-state index contributed by atoms with van der Waals surface area (Å²) in [5.41, 5.74) is 3.70. The number of pyridine rings is 1. The third-order valence-corrected chi connectivity index (χ3v) is 5.84. The van der Waals surface area contributed by atoms with Crippen LogP contribution in [0.2, 0.25) is 0 Å². The van der Waals surface area contributed by atoms with Gasteiger partial charge in [0.2, 0.25) is 0 Å². The Bertz CT molecular complexity index is 1050. The second-order valence-electron chi connectivity index (χ2n) is 6.44. The largest absolute Gasteiger partial charge is 0.496 e. The molecule has 0 saturated heterocycles. The topological polar surface area (TPSA) is 80.3 Å². The van der Waals surface area contributed by atoms with Crippen molar-refractivity contribution in [2.45, 2.75) is 25.3 Å². The van der Waals surface area contributed by atoms with Crippen LogP contribution >= 0.6 is 0 Å².